The number of benzene rings is 1. The fourth-order valence-corrected chi connectivity index (χ4v) is 3.39. The lowest BCUT2D eigenvalue weighted by Crippen LogP contribution is -2.36. The standard InChI is InChI=1S/C15H17BrN2OS/c1-11-5-3-4-6-12(11)9-17-15(19)18(2)10-13-7-8-14(16)20-13/h3-8H,9-10H2,1-2H3,(H,17,19). The molecule has 106 valence electrons. The second-order valence-electron chi connectivity index (χ2n) is 4.65. The van der Waals surface area contributed by atoms with Crippen LogP contribution in [-0.4, -0.2) is 18.0 Å². The normalized spacial score (nSPS) is 10.3. The van der Waals surface area contributed by atoms with Gasteiger partial charge < -0.3 is 10.2 Å². The van der Waals surface area contributed by atoms with E-state index in [2.05, 4.69) is 21.2 Å². The first-order valence-electron chi connectivity index (χ1n) is 6.34. The fraction of sp³-hybridized carbons (Fsp3) is 0.267. The van der Waals surface area contributed by atoms with Crippen LogP contribution in [0.2, 0.25) is 0 Å². The Bertz CT molecular complexity index is 597. The maximum Gasteiger partial charge on any atom is 0.317 e. The molecule has 1 heterocycles. The molecule has 0 bridgehead atoms. The number of rotatable bonds is 4. The third-order valence-corrected chi connectivity index (χ3v) is 4.67. The second-order valence-corrected chi connectivity index (χ2v) is 7.19. The number of carbonyl (C=O) groups is 1. The Balaban J connectivity index is 1.87. The van der Waals surface area contributed by atoms with E-state index >= 15 is 0 Å². The Kier molecular flexibility index (Phi) is 5.20. The van der Waals surface area contributed by atoms with Crippen LogP contribution in [0, 0.1) is 6.92 Å². The lowest BCUT2D eigenvalue weighted by atomic mass is 10.1. The highest BCUT2D eigenvalue weighted by Gasteiger charge is 2.10. The summed E-state index contributed by atoms with van der Waals surface area (Å²) >= 11 is 5.07. The molecule has 0 saturated heterocycles. The number of nitrogens with one attached hydrogen (secondary N) is 1. The molecule has 0 atom stereocenters. The van der Waals surface area contributed by atoms with Crippen LogP contribution in [0.25, 0.3) is 0 Å². The van der Waals surface area contributed by atoms with E-state index in [0.717, 1.165) is 14.2 Å². The Hall–Kier alpha value is -1.33. The predicted molar refractivity (Wildman–Crippen MR) is 86.9 cm³/mol. The van der Waals surface area contributed by atoms with E-state index in [0.29, 0.717) is 13.1 Å². The van der Waals surface area contributed by atoms with Gasteiger partial charge in [-0.15, -0.1) is 11.3 Å². The summed E-state index contributed by atoms with van der Waals surface area (Å²) in [5, 5.41) is 2.95. The molecule has 0 radical (unpaired) electrons. The van der Waals surface area contributed by atoms with E-state index in [4.69, 9.17) is 0 Å². The molecule has 0 saturated carbocycles. The van der Waals surface area contributed by atoms with Crippen LogP contribution in [0.4, 0.5) is 4.79 Å². The van der Waals surface area contributed by atoms with Crippen molar-refractivity contribution in [1.82, 2.24) is 10.2 Å². The van der Waals surface area contributed by atoms with Crippen LogP contribution in [0.5, 0.6) is 0 Å². The summed E-state index contributed by atoms with van der Waals surface area (Å²) in [5.41, 5.74) is 2.34. The Labute approximate surface area is 131 Å². The van der Waals surface area contributed by atoms with Crippen molar-refractivity contribution in [3.05, 3.63) is 56.2 Å². The van der Waals surface area contributed by atoms with Crippen molar-refractivity contribution in [1.29, 1.82) is 0 Å². The summed E-state index contributed by atoms with van der Waals surface area (Å²) in [6, 6.07) is 12.0. The molecule has 0 unspecified atom stereocenters. The molecule has 0 spiro atoms. The molecular formula is C15H17BrN2OS. The van der Waals surface area contributed by atoms with Crippen molar-refractivity contribution < 1.29 is 4.79 Å². The maximum absolute atomic E-state index is 12.0. The molecule has 1 aromatic carbocycles. The van der Waals surface area contributed by atoms with Gasteiger partial charge in [0, 0.05) is 18.5 Å². The predicted octanol–water partition coefficient (Wildman–Crippen LogP) is 4.16. The number of aryl methyl sites for hydroxylation is 1. The summed E-state index contributed by atoms with van der Waals surface area (Å²) in [6.07, 6.45) is 0. The molecule has 0 aliphatic rings. The average Bonchev–Trinajstić information content (AvgIpc) is 2.82. The van der Waals surface area contributed by atoms with Gasteiger partial charge in [0.2, 0.25) is 0 Å². The molecular weight excluding hydrogens is 336 g/mol. The van der Waals surface area contributed by atoms with Crippen molar-refractivity contribution in [2.45, 2.75) is 20.0 Å². The SMILES string of the molecule is Cc1ccccc1CNC(=O)N(C)Cc1ccc(Br)s1. The van der Waals surface area contributed by atoms with Gasteiger partial charge in [0.15, 0.2) is 0 Å². The van der Waals surface area contributed by atoms with Crippen LogP contribution in [-0.2, 0) is 13.1 Å². The summed E-state index contributed by atoms with van der Waals surface area (Å²) in [6.45, 7) is 3.23. The van der Waals surface area contributed by atoms with Gasteiger partial charge >= 0.3 is 6.03 Å². The second kappa shape index (κ2) is 6.90. The monoisotopic (exact) mass is 352 g/mol. The minimum Gasteiger partial charge on any atom is -0.334 e. The van der Waals surface area contributed by atoms with E-state index in [-0.39, 0.29) is 6.03 Å². The van der Waals surface area contributed by atoms with Gasteiger partial charge in [-0.1, -0.05) is 24.3 Å². The van der Waals surface area contributed by atoms with Gasteiger partial charge in [-0.05, 0) is 46.1 Å². The van der Waals surface area contributed by atoms with Crippen LogP contribution in [0.1, 0.15) is 16.0 Å². The van der Waals surface area contributed by atoms with E-state index in [9.17, 15) is 4.79 Å². The molecule has 20 heavy (non-hydrogen) atoms. The largest absolute Gasteiger partial charge is 0.334 e. The molecule has 5 heteroatoms. The lowest BCUT2D eigenvalue weighted by Gasteiger charge is -2.17. The van der Waals surface area contributed by atoms with Gasteiger partial charge in [-0.25, -0.2) is 4.79 Å². The first-order valence-corrected chi connectivity index (χ1v) is 7.95. The number of hydrogen-bond donors (Lipinski definition) is 1. The maximum atomic E-state index is 12.0. The van der Waals surface area contributed by atoms with Gasteiger partial charge in [-0.3, -0.25) is 0 Å². The molecule has 2 amide bonds. The molecule has 2 aromatic rings. The zero-order valence-electron chi connectivity index (χ0n) is 11.5. The van der Waals surface area contributed by atoms with Crippen molar-refractivity contribution in [3.63, 3.8) is 0 Å². The van der Waals surface area contributed by atoms with Gasteiger partial charge in [-0.2, -0.15) is 0 Å². The number of carbonyl (C=O) groups excluding carboxylic acids is 1. The molecule has 1 N–H and O–H groups in total. The van der Waals surface area contributed by atoms with Crippen molar-refractivity contribution in [2.24, 2.45) is 0 Å². The minimum absolute atomic E-state index is 0.0576. The Morgan fingerprint density at radius 2 is 2.05 bits per heavy atom. The summed E-state index contributed by atoms with van der Waals surface area (Å²) in [5.74, 6) is 0. The molecule has 2 rings (SSSR count). The summed E-state index contributed by atoms with van der Waals surface area (Å²) < 4.78 is 1.08. The van der Waals surface area contributed by atoms with Gasteiger partial charge in [0.05, 0.1) is 10.3 Å². The third kappa shape index (κ3) is 4.08. The number of nitrogens with zero attached hydrogens (tertiary/aromatic N) is 1. The number of halogens is 1. The van der Waals surface area contributed by atoms with Gasteiger partial charge in [0.1, 0.15) is 0 Å². The highest BCUT2D eigenvalue weighted by Crippen LogP contribution is 2.22. The van der Waals surface area contributed by atoms with Crippen molar-refractivity contribution in [3.8, 4) is 0 Å². The van der Waals surface area contributed by atoms with Crippen molar-refractivity contribution >= 4 is 33.3 Å². The quantitative estimate of drug-likeness (QED) is 0.880. The zero-order valence-corrected chi connectivity index (χ0v) is 13.9. The fourth-order valence-electron chi connectivity index (χ4n) is 1.86. The van der Waals surface area contributed by atoms with E-state index in [1.165, 1.54) is 5.56 Å². The van der Waals surface area contributed by atoms with E-state index in [1.54, 1.807) is 23.3 Å². The average molecular weight is 353 g/mol. The minimum atomic E-state index is -0.0576. The highest BCUT2D eigenvalue weighted by atomic mass is 79.9. The lowest BCUT2D eigenvalue weighted by molar-refractivity contribution is 0.207. The first kappa shape index (κ1) is 15.1. The third-order valence-electron chi connectivity index (χ3n) is 3.06. The molecule has 0 aliphatic heterocycles. The molecule has 1 aromatic heterocycles. The zero-order chi connectivity index (χ0) is 14.5. The van der Waals surface area contributed by atoms with Crippen LogP contribution in [0.15, 0.2) is 40.2 Å². The Morgan fingerprint density at radius 1 is 1.30 bits per heavy atom. The smallest absolute Gasteiger partial charge is 0.317 e. The highest BCUT2D eigenvalue weighted by molar-refractivity contribution is 9.11. The summed E-state index contributed by atoms with van der Waals surface area (Å²) in [4.78, 5) is 14.9. The Morgan fingerprint density at radius 3 is 2.70 bits per heavy atom. The van der Waals surface area contributed by atoms with E-state index in [1.807, 2.05) is 43.3 Å². The van der Waals surface area contributed by atoms with Crippen LogP contribution >= 0.6 is 27.3 Å². The topological polar surface area (TPSA) is 32.3 Å². The number of thiophene rings is 1. The number of urea groups is 1. The van der Waals surface area contributed by atoms with Crippen LogP contribution < -0.4 is 5.32 Å². The number of hydrogen-bond acceptors (Lipinski definition) is 2. The first-order chi connectivity index (χ1) is 9.56. The van der Waals surface area contributed by atoms with Crippen molar-refractivity contribution in [2.75, 3.05) is 7.05 Å². The van der Waals surface area contributed by atoms with Gasteiger partial charge in [0.25, 0.3) is 0 Å². The number of amides is 2. The van der Waals surface area contributed by atoms with E-state index < -0.39 is 0 Å². The molecule has 0 fully saturated rings. The summed E-state index contributed by atoms with van der Waals surface area (Å²) in [7, 11) is 1.81. The van der Waals surface area contributed by atoms with Crippen LogP contribution in [0.3, 0.4) is 0 Å². The molecule has 0 aliphatic carbocycles. The molecule has 3 nitrogen and oxygen atoms in total.